The first-order valence-corrected chi connectivity index (χ1v) is 11.9. The molecule has 0 N–H and O–H groups in total. The summed E-state index contributed by atoms with van der Waals surface area (Å²) in [5.74, 6) is 1.34. The summed E-state index contributed by atoms with van der Waals surface area (Å²) in [7, 11) is 0. The Hall–Kier alpha value is -2.86. The molecule has 0 bridgehead atoms. The minimum atomic E-state index is -0.532. The SMILES string of the molecule is CCN(CCc1cc(Br)ccc1OCc1ccccc1)c1ccc(C(=O)OC(C)(C)C)cn1. The highest BCUT2D eigenvalue weighted by Gasteiger charge is 2.18. The van der Waals surface area contributed by atoms with Crippen molar-refractivity contribution in [2.24, 2.45) is 0 Å². The summed E-state index contributed by atoms with van der Waals surface area (Å²) in [5, 5.41) is 0. The number of pyridine rings is 1. The minimum Gasteiger partial charge on any atom is -0.489 e. The van der Waals surface area contributed by atoms with Crippen molar-refractivity contribution in [3.05, 3.63) is 88.0 Å². The van der Waals surface area contributed by atoms with Crippen molar-refractivity contribution in [2.75, 3.05) is 18.0 Å². The Balaban J connectivity index is 1.66. The summed E-state index contributed by atoms with van der Waals surface area (Å²) in [5.41, 5.74) is 2.18. The molecular formula is C27H31BrN2O3. The number of benzene rings is 2. The van der Waals surface area contributed by atoms with Crippen molar-refractivity contribution in [1.29, 1.82) is 0 Å². The van der Waals surface area contributed by atoms with Crippen LogP contribution in [0.4, 0.5) is 5.82 Å². The summed E-state index contributed by atoms with van der Waals surface area (Å²) >= 11 is 3.58. The van der Waals surface area contributed by atoms with Gasteiger partial charge in [0.2, 0.25) is 0 Å². The fraction of sp³-hybridized carbons (Fsp3) is 0.333. The standard InChI is InChI=1S/C27H31BrN2O3/c1-5-30(25-14-11-22(18-29-25)26(31)33-27(2,3)4)16-15-21-17-23(28)12-13-24(21)32-19-20-9-7-6-8-10-20/h6-14,17-18H,5,15-16,19H2,1-4H3. The highest BCUT2D eigenvalue weighted by Crippen LogP contribution is 2.25. The highest BCUT2D eigenvalue weighted by atomic mass is 79.9. The van der Waals surface area contributed by atoms with Gasteiger partial charge in [0.05, 0.1) is 5.56 Å². The van der Waals surface area contributed by atoms with Gasteiger partial charge in [0.25, 0.3) is 0 Å². The topological polar surface area (TPSA) is 51.7 Å². The molecule has 0 aliphatic rings. The first kappa shape index (κ1) is 24.8. The molecule has 3 aromatic rings. The number of ether oxygens (including phenoxy) is 2. The van der Waals surface area contributed by atoms with Gasteiger partial charge in [-0.05, 0) is 75.6 Å². The van der Waals surface area contributed by atoms with Crippen molar-refractivity contribution >= 4 is 27.7 Å². The summed E-state index contributed by atoms with van der Waals surface area (Å²) in [6.45, 7) is 9.75. The molecule has 0 fully saturated rings. The first-order valence-electron chi connectivity index (χ1n) is 11.1. The minimum absolute atomic E-state index is 0.362. The molecule has 0 spiro atoms. The van der Waals surface area contributed by atoms with E-state index in [1.807, 2.05) is 57.2 Å². The monoisotopic (exact) mass is 510 g/mol. The molecule has 33 heavy (non-hydrogen) atoms. The molecule has 0 atom stereocenters. The molecule has 0 unspecified atom stereocenters. The Labute approximate surface area is 204 Å². The van der Waals surface area contributed by atoms with E-state index < -0.39 is 5.60 Å². The molecule has 1 heterocycles. The van der Waals surface area contributed by atoms with Gasteiger partial charge in [-0.15, -0.1) is 0 Å². The van der Waals surface area contributed by atoms with E-state index in [0.29, 0.717) is 12.2 Å². The Morgan fingerprint density at radius 1 is 1.06 bits per heavy atom. The van der Waals surface area contributed by atoms with Crippen LogP contribution in [-0.2, 0) is 17.8 Å². The fourth-order valence-electron chi connectivity index (χ4n) is 3.34. The summed E-state index contributed by atoms with van der Waals surface area (Å²) < 4.78 is 12.6. The van der Waals surface area contributed by atoms with E-state index in [0.717, 1.165) is 46.7 Å². The van der Waals surface area contributed by atoms with Crippen LogP contribution < -0.4 is 9.64 Å². The number of hydrogen-bond acceptors (Lipinski definition) is 5. The number of anilines is 1. The van der Waals surface area contributed by atoms with Gasteiger partial charge in [0.15, 0.2) is 0 Å². The van der Waals surface area contributed by atoms with E-state index in [1.54, 1.807) is 12.3 Å². The van der Waals surface area contributed by atoms with Crippen molar-refractivity contribution in [2.45, 2.75) is 46.3 Å². The number of likely N-dealkylation sites (N-methyl/N-ethyl adjacent to an activating group) is 1. The van der Waals surface area contributed by atoms with Gasteiger partial charge >= 0.3 is 5.97 Å². The molecule has 2 aromatic carbocycles. The maximum Gasteiger partial charge on any atom is 0.340 e. The van der Waals surface area contributed by atoms with Crippen LogP contribution in [0, 0.1) is 0 Å². The number of halogens is 1. The number of carbonyl (C=O) groups excluding carboxylic acids is 1. The van der Waals surface area contributed by atoms with Gasteiger partial charge in [0, 0.05) is 23.8 Å². The predicted molar refractivity (Wildman–Crippen MR) is 136 cm³/mol. The lowest BCUT2D eigenvalue weighted by Gasteiger charge is -2.23. The number of carbonyl (C=O) groups is 1. The zero-order valence-corrected chi connectivity index (χ0v) is 21.3. The molecule has 0 aliphatic heterocycles. The zero-order chi connectivity index (χ0) is 23.8. The summed E-state index contributed by atoms with van der Waals surface area (Å²) in [6.07, 6.45) is 2.38. The zero-order valence-electron chi connectivity index (χ0n) is 19.7. The molecule has 0 saturated heterocycles. The summed E-state index contributed by atoms with van der Waals surface area (Å²) in [6, 6.07) is 19.9. The molecule has 0 radical (unpaired) electrons. The second kappa shape index (κ2) is 11.3. The van der Waals surface area contributed by atoms with E-state index in [1.165, 1.54) is 0 Å². The Morgan fingerprint density at radius 3 is 2.45 bits per heavy atom. The number of rotatable bonds is 9. The van der Waals surface area contributed by atoms with Crippen LogP contribution in [0.25, 0.3) is 0 Å². The molecule has 5 nitrogen and oxygen atoms in total. The van der Waals surface area contributed by atoms with Crippen LogP contribution in [0.2, 0.25) is 0 Å². The van der Waals surface area contributed by atoms with Crippen LogP contribution in [0.3, 0.4) is 0 Å². The number of aromatic nitrogens is 1. The normalized spacial score (nSPS) is 11.2. The molecule has 3 rings (SSSR count). The molecule has 0 saturated carbocycles. The first-order chi connectivity index (χ1) is 15.7. The Morgan fingerprint density at radius 2 is 1.82 bits per heavy atom. The van der Waals surface area contributed by atoms with E-state index in [4.69, 9.17) is 9.47 Å². The maximum absolute atomic E-state index is 12.3. The van der Waals surface area contributed by atoms with E-state index in [2.05, 4.69) is 50.9 Å². The van der Waals surface area contributed by atoms with Gasteiger partial charge in [-0.3, -0.25) is 0 Å². The van der Waals surface area contributed by atoms with Crippen molar-refractivity contribution in [1.82, 2.24) is 4.98 Å². The maximum atomic E-state index is 12.3. The third-order valence-corrected chi connectivity index (χ3v) is 5.49. The molecule has 1 aromatic heterocycles. The van der Waals surface area contributed by atoms with Crippen LogP contribution in [-0.4, -0.2) is 29.6 Å². The molecular weight excluding hydrogens is 480 g/mol. The Kier molecular flexibility index (Phi) is 8.50. The third kappa shape index (κ3) is 7.60. The van der Waals surface area contributed by atoms with Crippen molar-refractivity contribution in [3.8, 4) is 5.75 Å². The number of esters is 1. The van der Waals surface area contributed by atoms with Gasteiger partial charge in [-0.25, -0.2) is 9.78 Å². The largest absolute Gasteiger partial charge is 0.489 e. The second-order valence-electron chi connectivity index (χ2n) is 8.76. The van der Waals surface area contributed by atoms with Crippen LogP contribution in [0.1, 0.15) is 49.2 Å². The number of nitrogens with zero attached hydrogens (tertiary/aromatic N) is 2. The van der Waals surface area contributed by atoms with E-state index >= 15 is 0 Å². The van der Waals surface area contributed by atoms with E-state index in [-0.39, 0.29) is 5.97 Å². The van der Waals surface area contributed by atoms with Gasteiger partial charge in [0.1, 0.15) is 23.8 Å². The Bertz CT molecular complexity index is 1050. The predicted octanol–water partition coefficient (Wildman–Crippen LogP) is 6.45. The molecule has 174 valence electrons. The third-order valence-electron chi connectivity index (χ3n) is 5.00. The highest BCUT2D eigenvalue weighted by molar-refractivity contribution is 9.10. The molecule has 6 heteroatoms. The lowest BCUT2D eigenvalue weighted by Crippen LogP contribution is -2.27. The summed E-state index contributed by atoms with van der Waals surface area (Å²) in [4.78, 5) is 19.0. The molecule has 0 aliphatic carbocycles. The van der Waals surface area contributed by atoms with Crippen molar-refractivity contribution < 1.29 is 14.3 Å². The quantitative estimate of drug-likeness (QED) is 0.309. The lowest BCUT2D eigenvalue weighted by atomic mass is 10.1. The van der Waals surface area contributed by atoms with Crippen LogP contribution in [0.15, 0.2) is 71.3 Å². The average molecular weight is 511 g/mol. The lowest BCUT2D eigenvalue weighted by molar-refractivity contribution is 0.00691. The average Bonchev–Trinajstić information content (AvgIpc) is 2.79. The van der Waals surface area contributed by atoms with Crippen LogP contribution >= 0.6 is 15.9 Å². The van der Waals surface area contributed by atoms with Gasteiger partial charge in [-0.1, -0.05) is 46.3 Å². The van der Waals surface area contributed by atoms with Crippen LogP contribution in [0.5, 0.6) is 5.75 Å². The second-order valence-corrected chi connectivity index (χ2v) is 9.68. The fourth-order valence-corrected chi connectivity index (χ4v) is 3.75. The van der Waals surface area contributed by atoms with Gasteiger partial charge in [-0.2, -0.15) is 0 Å². The smallest absolute Gasteiger partial charge is 0.340 e. The van der Waals surface area contributed by atoms with E-state index in [9.17, 15) is 4.79 Å². The van der Waals surface area contributed by atoms with Gasteiger partial charge < -0.3 is 14.4 Å². The number of hydrogen-bond donors (Lipinski definition) is 0. The van der Waals surface area contributed by atoms with Crippen molar-refractivity contribution in [3.63, 3.8) is 0 Å². The molecule has 0 amide bonds.